The highest BCUT2D eigenvalue weighted by Gasteiger charge is 2.28. The number of nitrogens with one attached hydrogen (secondary N) is 2. The van der Waals surface area contributed by atoms with Gasteiger partial charge in [0.2, 0.25) is 5.95 Å². The molecule has 2 aromatic heterocycles. The molecule has 39 heavy (non-hydrogen) atoms. The number of hydrogen-bond acceptors (Lipinski definition) is 5. The topological polar surface area (TPSA) is 99.2 Å². The van der Waals surface area contributed by atoms with Crippen LogP contribution in [-0.4, -0.2) is 56.9 Å². The number of H-pyrrole nitrogens is 1. The second-order valence-corrected chi connectivity index (χ2v) is 11.6. The number of aromatic amines is 1. The summed E-state index contributed by atoms with van der Waals surface area (Å²) < 4.78 is 1.66. The normalized spacial score (nSPS) is 17.1. The highest BCUT2D eigenvalue weighted by Crippen LogP contribution is 2.28. The van der Waals surface area contributed by atoms with E-state index in [1.54, 1.807) is 16.8 Å². The predicted molar refractivity (Wildman–Crippen MR) is 157 cm³/mol. The fourth-order valence-electron chi connectivity index (χ4n) is 6.12. The van der Waals surface area contributed by atoms with Crippen LogP contribution in [0.4, 0.5) is 16.4 Å². The van der Waals surface area contributed by atoms with Gasteiger partial charge in [-0.3, -0.25) is 14.5 Å². The van der Waals surface area contributed by atoms with Crippen molar-refractivity contribution in [3.05, 3.63) is 45.3 Å². The van der Waals surface area contributed by atoms with E-state index >= 15 is 0 Å². The number of aromatic nitrogens is 4. The third-order valence-electron chi connectivity index (χ3n) is 8.20. The first kappa shape index (κ1) is 27.5. The fraction of sp³-hybridized carbons (Fsp3) is 0.586. The molecule has 9 nitrogen and oxygen atoms in total. The Bertz CT molecular complexity index is 1340. The lowest BCUT2D eigenvalue weighted by Crippen LogP contribution is -2.44. The Morgan fingerprint density at radius 3 is 2.54 bits per heavy atom. The average molecular weight is 554 g/mol. The van der Waals surface area contributed by atoms with Gasteiger partial charge < -0.3 is 15.1 Å². The van der Waals surface area contributed by atoms with Gasteiger partial charge in [-0.1, -0.05) is 50.3 Å². The molecular formula is C29H40ClN7O2. The van der Waals surface area contributed by atoms with Crippen molar-refractivity contribution >= 4 is 40.3 Å². The molecule has 1 aliphatic carbocycles. The van der Waals surface area contributed by atoms with Crippen molar-refractivity contribution in [2.24, 2.45) is 18.9 Å². The van der Waals surface area contributed by atoms with Gasteiger partial charge in [0.25, 0.3) is 5.56 Å². The fourth-order valence-corrected chi connectivity index (χ4v) is 6.31. The number of rotatable bonds is 8. The first-order valence-corrected chi connectivity index (χ1v) is 14.8. The lowest BCUT2D eigenvalue weighted by molar-refractivity contribution is 0.183. The summed E-state index contributed by atoms with van der Waals surface area (Å²) in [5, 5.41) is 8.16. The van der Waals surface area contributed by atoms with Crippen molar-refractivity contribution in [1.29, 1.82) is 0 Å². The van der Waals surface area contributed by atoms with Crippen molar-refractivity contribution < 1.29 is 4.79 Å². The number of anilines is 2. The van der Waals surface area contributed by atoms with Crippen molar-refractivity contribution in [2.45, 2.75) is 64.7 Å². The molecule has 0 unspecified atom stereocenters. The van der Waals surface area contributed by atoms with Gasteiger partial charge in [-0.2, -0.15) is 5.10 Å². The van der Waals surface area contributed by atoms with Gasteiger partial charge in [-0.15, -0.1) is 0 Å². The van der Waals surface area contributed by atoms with E-state index in [2.05, 4.69) is 27.2 Å². The highest BCUT2D eigenvalue weighted by atomic mass is 35.5. The van der Waals surface area contributed by atoms with Crippen molar-refractivity contribution in [3.8, 4) is 0 Å². The zero-order chi connectivity index (χ0) is 27.4. The summed E-state index contributed by atoms with van der Waals surface area (Å²) >= 11 is 6.07. The number of benzene rings is 1. The molecule has 10 heteroatoms. The van der Waals surface area contributed by atoms with E-state index < -0.39 is 0 Å². The van der Waals surface area contributed by atoms with Crippen LogP contribution in [0.3, 0.4) is 0 Å². The molecule has 3 heterocycles. The molecule has 2 N–H and O–H groups in total. The summed E-state index contributed by atoms with van der Waals surface area (Å²) in [5.74, 6) is 1.67. The van der Waals surface area contributed by atoms with Gasteiger partial charge in [0.05, 0.1) is 5.69 Å². The van der Waals surface area contributed by atoms with E-state index in [0.717, 1.165) is 50.0 Å². The number of amides is 2. The monoisotopic (exact) mass is 553 g/mol. The number of aryl methyl sites for hydroxylation is 2. The minimum absolute atomic E-state index is 0.0914. The summed E-state index contributed by atoms with van der Waals surface area (Å²) in [5.41, 5.74) is 2.72. The number of urea groups is 1. The first-order chi connectivity index (χ1) is 18.9. The summed E-state index contributed by atoms with van der Waals surface area (Å²) in [7, 11) is 1.81. The molecule has 210 valence electrons. The van der Waals surface area contributed by atoms with E-state index in [9.17, 15) is 9.59 Å². The van der Waals surface area contributed by atoms with Gasteiger partial charge in [0, 0.05) is 43.9 Å². The molecule has 3 aromatic rings. The Hall–Kier alpha value is -3.07. The molecule has 1 saturated carbocycles. The van der Waals surface area contributed by atoms with Gasteiger partial charge in [0.1, 0.15) is 5.52 Å². The van der Waals surface area contributed by atoms with Gasteiger partial charge >= 0.3 is 6.03 Å². The van der Waals surface area contributed by atoms with Crippen LogP contribution in [0.25, 0.3) is 11.0 Å². The number of carbonyl (C=O) groups excluding carboxylic acids is 1. The maximum absolute atomic E-state index is 13.2. The molecular weight excluding hydrogens is 514 g/mol. The molecule has 2 fully saturated rings. The first-order valence-electron chi connectivity index (χ1n) is 14.4. The summed E-state index contributed by atoms with van der Waals surface area (Å²) in [6.07, 6.45) is 9.85. The van der Waals surface area contributed by atoms with Crippen LogP contribution in [0.2, 0.25) is 5.02 Å². The molecule has 1 aromatic carbocycles. The SMILES string of the molecule is CCCc1nn(C)c2c(=O)[nH]c(N(CC3CCCCC3)CC3CCN(C(=O)Nc4cccc(Cl)c4)CC3)nc12. The Kier molecular flexibility index (Phi) is 8.75. The zero-order valence-corrected chi connectivity index (χ0v) is 23.8. The van der Waals surface area contributed by atoms with Gasteiger partial charge in [0.15, 0.2) is 5.52 Å². The number of nitrogens with zero attached hydrogens (tertiary/aromatic N) is 5. The number of piperidine rings is 1. The summed E-state index contributed by atoms with van der Waals surface area (Å²) in [6.45, 7) is 5.22. The number of hydrogen-bond donors (Lipinski definition) is 2. The van der Waals surface area contributed by atoms with E-state index in [4.69, 9.17) is 16.6 Å². The smallest absolute Gasteiger partial charge is 0.321 e. The van der Waals surface area contributed by atoms with Crippen LogP contribution in [-0.2, 0) is 13.5 Å². The number of fused-ring (bicyclic) bond motifs is 1. The number of likely N-dealkylation sites (tertiary alicyclic amines) is 1. The lowest BCUT2D eigenvalue weighted by atomic mass is 9.88. The van der Waals surface area contributed by atoms with Gasteiger partial charge in [-0.05, 0) is 62.1 Å². The third kappa shape index (κ3) is 6.57. The van der Waals surface area contributed by atoms with Crippen LogP contribution in [0.15, 0.2) is 29.1 Å². The molecule has 0 spiro atoms. The maximum atomic E-state index is 13.2. The Morgan fingerprint density at radius 2 is 1.85 bits per heavy atom. The standard InChI is InChI=1S/C29H40ClN7O2/c1-3-8-24-25-26(35(2)34-24)27(38)33-28(32-25)37(18-20-9-5-4-6-10-20)19-21-13-15-36(16-14-21)29(39)31-23-12-7-11-22(30)17-23/h7,11-12,17,20-21H,3-6,8-10,13-16,18-19H2,1-2H3,(H,31,39)(H,32,33,38). The van der Waals surface area contributed by atoms with Crippen LogP contribution in [0.1, 0.15) is 64.0 Å². The van der Waals surface area contributed by atoms with E-state index in [0.29, 0.717) is 47.1 Å². The second kappa shape index (κ2) is 12.4. The van der Waals surface area contributed by atoms with Crippen molar-refractivity contribution in [1.82, 2.24) is 24.6 Å². The second-order valence-electron chi connectivity index (χ2n) is 11.2. The van der Waals surface area contributed by atoms with Crippen LogP contribution >= 0.6 is 11.6 Å². The highest BCUT2D eigenvalue weighted by molar-refractivity contribution is 6.30. The average Bonchev–Trinajstić information content (AvgIpc) is 3.25. The number of halogens is 1. The molecule has 1 aliphatic heterocycles. The lowest BCUT2D eigenvalue weighted by Gasteiger charge is -2.36. The van der Waals surface area contributed by atoms with E-state index in [1.807, 2.05) is 24.1 Å². The molecule has 5 rings (SSSR count). The molecule has 0 bridgehead atoms. The number of carbonyl (C=O) groups is 1. The summed E-state index contributed by atoms with van der Waals surface area (Å²) in [4.78, 5) is 38.3. The van der Waals surface area contributed by atoms with Crippen LogP contribution in [0, 0.1) is 11.8 Å². The quantitative estimate of drug-likeness (QED) is 0.378. The van der Waals surface area contributed by atoms with Crippen LogP contribution < -0.4 is 15.8 Å². The van der Waals surface area contributed by atoms with Gasteiger partial charge in [-0.25, -0.2) is 9.78 Å². The molecule has 0 radical (unpaired) electrons. The Balaban J connectivity index is 1.30. The Morgan fingerprint density at radius 1 is 1.13 bits per heavy atom. The van der Waals surface area contributed by atoms with Crippen LogP contribution in [0.5, 0.6) is 0 Å². The minimum atomic E-state index is -0.131. The molecule has 2 aliphatic rings. The third-order valence-corrected chi connectivity index (χ3v) is 8.43. The predicted octanol–water partition coefficient (Wildman–Crippen LogP) is 5.59. The van der Waals surface area contributed by atoms with E-state index in [1.165, 1.54) is 32.1 Å². The van der Waals surface area contributed by atoms with Crippen molar-refractivity contribution in [3.63, 3.8) is 0 Å². The molecule has 1 saturated heterocycles. The Labute approximate surface area is 234 Å². The molecule has 2 amide bonds. The van der Waals surface area contributed by atoms with Crippen molar-refractivity contribution in [2.75, 3.05) is 36.4 Å². The zero-order valence-electron chi connectivity index (χ0n) is 23.1. The van der Waals surface area contributed by atoms with E-state index in [-0.39, 0.29) is 11.6 Å². The largest absolute Gasteiger partial charge is 0.342 e. The minimum Gasteiger partial charge on any atom is -0.342 e. The molecule has 0 atom stereocenters. The maximum Gasteiger partial charge on any atom is 0.321 e. The summed E-state index contributed by atoms with van der Waals surface area (Å²) in [6, 6.07) is 7.14.